The molecule has 7 heteroatoms. The Hall–Kier alpha value is -3.22. The van der Waals surface area contributed by atoms with Crippen molar-refractivity contribution in [1.82, 2.24) is 29.9 Å². The first-order valence-electron chi connectivity index (χ1n) is 9.17. The Bertz CT molecular complexity index is 1060. The SMILES string of the molecule is Cc1[nH]nc2c1CC(c1nc(-c3cccc(Cn4ccnc4)c3)no1)CC2. The zero-order chi connectivity index (χ0) is 18.2. The van der Waals surface area contributed by atoms with Gasteiger partial charge in [-0.2, -0.15) is 10.1 Å². The van der Waals surface area contributed by atoms with E-state index in [0.29, 0.717) is 5.82 Å². The van der Waals surface area contributed by atoms with E-state index in [1.54, 1.807) is 6.20 Å². The second kappa shape index (κ2) is 6.50. The van der Waals surface area contributed by atoms with Gasteiger partial charge in [-0.15, -0.1) is 0 Å². The topological polar surface area (TPSA) is 85.4 Å². The van der Waals surface area contributed by atoms with Crippen molar-refractivity contribution in [1.29, 1.82) is 0 Å². The molecule has 4 aromatic rings. The maximum atomic E-state index is 5.63. The number of imidazole rings is 1. The van der Waals surface area contributed by atoms with Gasteiger partial charge in [-0.25, -0.2) is 4.98 Å². The minimum absolute atomic E-state index is 0.254. The second-order valence-corrected chi connectivity index (χ2v) is 7.11. The van der Waals surface area contributed by atoms with Crippen LogP contribution in [0, 0.1) is 6.92 Å². The summed E-state index contributed by atoms with van der Waals surface area (Å²) in [4.78, 5) is 8.79. The highest BCUT2D eigenvalue weighted by atomic mass is 16.5. The lowest BCUT2D eigenvalue weighted by molar-refractivity contribution is 0.340. The Morgan fingerprint density at radius 3 is 3.19 bits per heavy atom. The molecule has 0 saturated carbocycles. The molecule has 1 aromatic carbocycles. The molecule has 0 radical (unpaired) electrons. The predicted molar refractivity (Wildman–Crippen MR) is 99.2 cm³/mol. The van der Waals surface area contributed by atoms with Crippen LogP contribution >= 0.6 is 0 Å². The van der Waals surface area contributed by atoms with Crippen molar-refractivity contribution in [2.75, 3.05) is 0 Å². The van der Waals surface area contributed by atoms with Gasteiger partial charge in [-0.1, -0.05) is 23.4 Å². The van der Waals surface area contributed by atoms with E-state index in [4.69, 9.17) is 9.51 Å². The summed E-state index contributed by atoms with van der Waals surface area (Å²) in [5, 5.41) is 11.7. The van der Waals surface area contributed by atoms with Crippen molar-refractivity contribution >= 4 is 0 Å². The van der Waals surface area contributed by atoms with Crippen LogP contribution in [0.1, 0.15) is 40.7 Å². The molecule has 1 unspecified atom stereocenters. The molecule has 0 saturated heterocycles. The summed E-state index contributed by atoms with van der Waals surface area (Å²) in [7, 11) is 0. The van der Waals surface area contributed by atoms with Gasteiger partial charge in [0, 0.05) is 36.1 Å². The number of aromatic nitrogens is 6. The highest BCUT2D eigenvalue weighted by molar-refractivity contribution is 5.55. The van der Waals surface area contributed by atoms with Crippen molar-refractivity contribution in [3.05, 3.63) is 71.4 Å². The Morgan fingerprint density at radius 1 is 1.33 bits per heavy atom. The lowest BCUT2D eigenvalue weighted by Crippen LogP contribution is -2.13. The van der Waals surface area contributed by atoms with Gasteiger partial charge in [0.2, 0.25) is 11.7 Å². The van der Waals surface area contributed by atoms with E-state index in [0.717, 1.165) is 43.0 Å². The lowest BCUT2D eigenvalue weighted by atomic mass is 9.86. The Balaban J connectivity index is 1.37. The molecule has 1 N–H and O–H groups in total. The van der Waals surface area contributed by atoms with Gasteiger partial charge in [-0.3, -0.25) is 5.10 Å². The van der Waals surface area contributed by atoms with Gasteiger partial charge < -0.3 is 9.09 Å². The summed E-state index contributed by atoms with van der Waals surface area (Å²) < 4.78 is 7.66. The molecule has 0 fully saturated rings. The largest absolute Gasteiger partial charge is 0.339 e. The Kier molecular flexibility index (Phi) is 3.85. The number of nitrogens with one attached hydrogen (secondary N) is 1. The number of aromatic amines is 1. The van der Waals surface area contributed by atoms with Crippen molar-refractivity contribution in [2.45, 2.75) is 38.6 Å². The van der Waals surface area contributed by atoms with Crippen LogP contribution in [0.2, 0.25) is 0 Å². The van der Waals surface area contributed by atoms with E-state index >= 15 is 0 Å². The third-order valence-electron chi connectivity index (χ3n) is 5.24. The summed E-state index contributed by atoms with van der Waals surface area (Å²) in [5.41, 5.74) is 5.76. The minimum Gasteiger partial charge on any atom is -0.339 e. The van der Waals surface area contributed by atoms with Gasteiger partial charge in [0.25, 0.3) is 0 Å². The van der Waals surface area contributed by atoms with Gasteiger partial charge in [0.05, 0.1) is 12.0 Å². The summed E-state index contributed by atoms with van der Waals surface area (Å²) in [6, 6.07) is 8.24. The van der Waals surface area contributed by atoms with Crippen LogP contribution in [0.4, 0.5) is 0 Å². The first-order chi connectivity index (χ1) is 13.3. The number of rotatable bonds is 4. The smallest absolute Gasteiger partial charge is 0.230 e. The van der Waals surface area contributed by atoms with E-state index < -0.39 is 0 Å². The molecule has 3 aromatic heterocycles. The van der Waals surface area contributed by atoms with Crippen LogP contribution in [0.3, 0.4) is 0 Å². The van der Waals surface area contributed by atoms with Gasteiger partial charge >= 0.3 is 0 Å². The van der Waals surface area contributed by atoms with Crippen molar-refractivity contribution in [2.24, 2.45) is 0 Å². The van der Waals surface area contributed by atoms with Crippen molar-refractivity contribution in [3.8, 4) is 11.4 Å². The average Bonchev–Trinajstić information content (AvgIpc) is 3.44. The van der Waals surface area contributed by atoms with Gasteiger partial charge in [-0.05, 0) is 43.4 Å². The zero-order valence-electron chi connectivity index (χ0n) is 15.1. The van der Waals surface area contributed by atoms with Crippen molar-refractivity contribution in [3.63, 3.8) is 0 Å². The molecule has 1 aliphatic carbocycles. The standard InChI is InChI=1S/C20H20N6O/c1-13-17-10-16(5-6-18(17)24-23-13)20-22-19(25-27-20)15-4-2-3-14(9-15)11-26-8-7-21-12-26/h2-4,7-9,12,16H,5-6,10-11H2,1H3,(H,23,24). The summed E-state index contributed by atoms with van der Waals surface area (Å²) in [6.45, 7) is 2.84. The highest BCUT2D eigenvalue weighted by Gasteiger charge is 2.27. The molecule has 3 heterocycles. The molecular weight excluding hydrogens is 340 g/mol. The van der Waals surface area contributed by atoms with Gasteiger partial charge in [0.15, 0.2) is 0 Å². The number of nitrogens with zero attached hydrogens (tertiary/aromatic N) is 5. The molecule has 0 aliphatic heterocycles. The number of hydrogen-bond acceptors (Lipinski definition) is 5. The van der Waals surface area contributed by atoms with Crippen LogP contribution in [-0.4, -0.2) is 29.9 Å². The second-order valence-electron chi connectivity index (χ2n) is 7.11. The first-order valence-corrected chi connectivity index (χ1v) is 9.17. The molecule has 0 spiro atoms. The Morgan fingerprint density at radius 2 is 2.30 bits per heavy atom. The number of benzene rings is 1. The van der Waals surface area contributed by atoms with Gasteiger partial charge in [0.1, 0.15) is 0 Å². The molecule has 0 amide bonds. The zero-order valence-corrected chi connectivity index (χ0v) is 15.1. The number of aryl methyl sites for hydroxylation is 2. The number of H-pyrrole nitrogens is 1. The fraction of sp³-hybridized carbons (Fsp3) is 0.300. The molecule has 136 valence electrons. The highest BCUT2D eigenvalue weighted by Crippen LogP contribution is 2.33. The maximum Gasteiger partial charge on any atom is 0.230 e. The summed E-state index contributed by atoms with van der Waals surface area (Å²) in [6.07, 6.45) is 8.39. The molecular formula is C20H20N6O. The first kappa shape index (κ1) is 16.0. The molecule has 1 aliphatic rings. The number of hydrogen-bond donors (Lipinski definition) is 1. The molecule has 27 heavy (non-hydrogen) atoms. The van der Waals surface area contributed by atoms with E-state index in [2.05, 4.69) is 39.4 Å². The third kappa shape index (κ3) is 3.05. The van der Waals surface area contributed by atoms with Crippen LogP contribution in [-0.2, 0) is 19.4 Å². The van der Waals surface area contributed by atoms with E-state index in [-0.39, 0.29) is 5.92 Å². The van der Waals surface area contributed by atoms with Crippen LogP contribution in [0.15, 0.2) is 47.5 Å². The molecule has 5 rings (SSSR count). The van der Waals surface area contributed by atoms with Crippen LogP contribution in [0.25, 0.3) is 11.4 Å². The quantitative estimate of drug-likeness (QED) is 0.604. The normalized spacial score (nSPS) is 16.4. The average molecular weight is 360 g/mol. The van der Waals surface area contributed by atoms with Crippen LogP contribution in [0.5, 0.6) is 0 Å². The van der Waals surface area contributed by atoms with Crippen LogP contribution < -0.4 is 0 Å². The summed E-state index contributed by atoms with van der Waals surface area (Å²) in [5.74, 6) is 1.62. The molecule has 0 bridgehead atoms. The molecule has 7 nitrogen and oxygen atoms in total. The molecule has 1 atom stereocenters. The maximum absolute atomic E-state index is 5.63. The number of fused-ring (bicyclic) bond motifs is 1. The fourth-order valence-corrected chi connectivity index (χ4v) is 3.77. The summed E-state index contributed by atoms with van der Waals surface area (Å²) >= 11 is 0. The lowest BCUT2D eigenvalue weighted by Gasteiger charge is -2.18. The fourth-order valence-electron chi connectivity index (χ4n) is 3.77. The predicted octanol–water partition coefficient (Wildman–Crippen LogP) is 3.29. The van der Waals surface area contributed by atoms with E-state index in [1.807, 2.05) is 29.2 Å². The third-order valence-corrected chi connectivity index (χ3v) is 5.24. The van der Waals surface area contributed by atoms with E-state index in [1.165, 1.54) is 16.8 Å². The Labute approximate surface area is 156 Å². The monoisotopic (exact) mass is 360 g/mol. The minimum atomic E-state index is 0.254. The van der Waals surface area contributed by atoms with Crippen molar-refractivity contribution < 1.29 is 4.52 Å². The van der Waals surface area contributed by atoms with E-state index in [9.17, 15) is 0 Å².